The van der Waals surface area contributed by atoms with Crippen molar-refractivity contribution in [1.82, 2.24) is 10.6 Å². The van der Waals surface area contributed by atoms with Crippen molar-refractivity contribution in [2.24, 2.45) is 4.99 Å². The van der Waals surface area contributed by atoms with Gasteiger partial charge in [-0.15, -0.1) is 22.7 Å². The molecule has 0 spiro atoms. The van der Waals surface area contributed by atoms with Gasteiger partial charge in [0.2, 0.25) is 0 Å². The lowest BCUT2D eigenvalue weighted by molar-refractivity contribution is 0.506. The highest BCUT2D eigenvalue weighted by Crippen LogP contribution is 2.16. The van der Waals surface area contributed by atoms with E-state index in [2.05, 4.69) is 54.1 Å². The van der Waals surface area contributed by atoms with Gasteiger partial charge in [-0.2, -0.15) is 0 Å². The molecule has 1 unspecified atom stereocenters. The van der Waals surface area contributed by atoms with Gasteiger partial charge >= 0.3 is 0 Å². The number of thiophene rings is 2. The molecule has 0 aliphatic heterocycles. The molecule has 0 bridgehead atoms. The molecule has 0 saturated carbocycles. The quantitative estimate of drug-likeness (QED) is 0.438. The van der Waals surface area contributed by atoms with Crippen LogP contribution in [0.5, 0.6) is 0 Å². The number of aliphatic imine (C=N–C) groups is 1. The molecular weight excluding hydrogens is 362 g/mol. The fourth-order valence-corrected chi connectivity index (χ4v) is 4.30. The summed E-state index contributed by atoms with van der Waals surface area (Å²) in [5.74, 6) is 1.84. The van der Waals surface area contributed by atoms with Crippen molar-refractivity contribution < 1.29 is 4.42 Å². The van der Waals surface area contributed by atoms with E-state index >= 15 is 0 Å². The molecule has 0 aliphatic rings. The smallest absolute Gasteiger partial charge is 0.191 e. The molecule has 0 amide bonds. The van der Waals surface area contributed by atoms with Crippen molar-refractivity contribution >= 4 is 28.6 Å². The van der Waals surface area contributed by atoms with Crippen LogP contribution in [0.25, 0.3) is 0 Å². The topological polar surface area (TPSA) is 49.6 Å². The van der Waals surface area contributed by atoms with Crippen LogP contribution >= 0.6 is 22.7 Å². The first-order valence-corrected chi connectivity index (χ1v) is 10.5. The fourth-order valence-electron chi connectivity index (χ4n) is 2.65. The summed E-state index contributed by atoms with van der Waals surface area (Å²) in [7, 11) is 0. The van der Waals surface area contributed by atoms with E-state index in [4.69, 9.17) is 9.41 Å². The maximum atomic E-state index is 5.40. The third-order valence-electron chi connectivity index (χ3n) is 3.90. The Labute approximate surface area is 163 Å². The van der Waals surface area contributed by atoms with Crippen LogP contribution in [0.15, 0.2) is 57.5 Å². The third-order valence-corrected chi connectivity index (χ3v) is 5.79. The number of guanidine groups is 1. The van der Waals surface area contributed by atoms with Crippen LogP contribution in [0.1, 0.15) is 27.3 Å². The molecule has 138 valence electrons. The molecule has 3 rings (SSSR count). The van der Waals surface area contributed by atoms with Crippen LogP contribution < -0.4 is 10.6 Å². The maximum absolute atomic E-state index is 5.40. The Hall–Kier alpha value is -2.05. The molecule has 0 radical (unpaired) electrons. The second kappa shape index (κ2) is 9.59. The summed E-state index contributed by atoms with van der Waals surface area (Å²) in [6, 6.07) is 12.8. The van der Waals surface area contributed by atoms with Crippen LogP contribution in [-0.2, 0) is 19.4 Å². The molecule has 0 aromatic carbocycles. The third kappa shape index (κ3) is 6.04. The number of hydrogen-bond acceptors (Lipinski definition) is 4. The highest BCUT2D eigenvalue weighted by molar-refractivity contribution is 7.11. The van der Waals surface area contributed by atoms with Gasteiger partial charge in [-0.05, 0) is 49.6 Å². The Balaban J connectivity index is 1.56. The summed E-state index contributed by atoms with van der Waals surface area (Å²) in [5, 5.41) is 9.05. The van der Waals surface area contributed by atoms with Crippen LogP contribution in [0, 0.1) is 6.92 Å². The number of aryl methyl sites for hydroxylation is 1. The number of nitrogens with zero attached hydrogens (tertiary/aromatic N) is 1. The highest BCUT2D eigenvalue weighted by atomic mass is 32.1. The zero-order valence-electron chi connectivity index (χ0n) is 15.2. The van der Waals surface area contributed by atoms with Crippen LogP contribution in [0.2, 0.25) is 0 Å². The van der Waals surface area contributed by atoms with E-state index < -0.39 is 0 Å². The first-order valence-electron chi connectivity index (χ1n) is 8.84. The summed E-state index contributed by atoms with van der Waals surface area (Å²) in [5.41, 5.74) is 0. The summed E-state index contributed by atoms with van der Waals surface area (Å²) in [4.78, 5) is 8.77. The minimum absolute atomic E-state index is 0.311. The molecule has 1 atom stereocenters. The Bertz CT molecular complexity index is 791. The SMILES string of the molecule is Cc1ccc(CC(C)NC(=NCc2cccs2)NCCc2ccco2)s1. The summed E-state index contributed by atoms with van der Waals surface area (Å²) in [6.45, 7) is 5.83. The van der Waals surface area contributed by atoms with Gasteiger partial charge in [0, 0.05) is 40.1 Å². The second-order valence-corrected chi connectivity index (χ2v) is 8.67. The molecule has 2 N–H and O–H groups in total. The summed E-state index contributed by atoms with van der Waals surface area (Å²) >= 11 is 3.59. The molecule has 0 fully saturated rings. The molecule has 0 saturated heterocycles. The molecule has 6 heteroatoms. The zero-order chi connectivity index (χ0) is 18.2. The van der Waals surface area contributed by atoms with Crippen molar-refractivity contribution in [1.29, 1.82) is 0 Å². The predicted octanol–water partition coefficient (Wildman–Crippen LogP) is 4.62. The average Bonchev–Trinajstić information content (AvgIpc) is 3.35. The maximum Gasteiger partial charge on any atom is 0.191 e. The standard InChI is InChI=1S/C20H25N3OS2/c1-15(13-18-8-7-16(2)26-18)23-20(22-14-19-6-4-12-25-19)21-10-9-17-5-3-11-24-17/h3-8,11-12,15H,9-10,13-14H2,1-2H3,(H2,21,22,23). The van der Waals surface area contributed by atoms with Crippen molar-refractivity contribution in [3.8, 4) is 0 Å². The monoisotopic (exact) mass is 387 g/mol. The van der Waals surface area contributed by atoms with Gasteiger partial charge in [0.15, 0.2) is 5.96 Å². The van der Waals surface area contributed by atoms with Gasteiger partial charge < -0.3 is 15.1 Å². The fraction of sp³-hybridized carbons (Fsp3) is 0.350. The molecule has 3 aromatic heterocycles. The molecule has 26 heavy (non-hydrogen) atoms. The Morgan fingerprint density at radius 2 is 2.12 bits per heavy atom. The lowest BCUT2D eigenvalue weighted by Crippen LogP contribution is -2.43. The van der Waals surface area contributed by atoms with Gasteiger partial charge in [-0.1, -0.05) is 6.07 Å². The van der Waals surface area contributed by atoms with E-state index in [9.17, 15) is 0 Å². The first-order chi connectivity index (χ1) is 12.7. The average molecular weight is 388 g/mol. The van der Waals surface area contributed by atoms with Crippen LogP contribution in [0.3, 0.4) is 0 Å². The van der Waals surface area contributed by atoms with Gasteiger partial charge in [-0.25, -0.2) is 4.99 Å². The summed E-state index contributed by atoms with van der Waals surface area (Å²) in [6.07, 6.45) is 3.55. The minimum Gasteiger partial charge on any atom is -0.469 e. The van der Waals surface area contributed by atoms with Crippen molar-refractivity contribution in [3.05, 3.63) is 68.4 Å². The molecule has 3 aromatic rings. The van der Waals surface area contributed by atoms with Crippen molar-refractivity contribution in [2.75, 3.05) is 6.54 Å². The summed E-state index contributed by atoms with van der Waals surface area (Å²) < 4.78 is 5.40. The number of rotatable bonds is 8. The van der Waals surface area contributed by atoms with Crippen LogP contribution in [-0.4, -0.2) is 18.5 Å². The van der Waals surface area contributed by atoms with Crippen molar-refractivity contribution in [3.63, 3.8) is 0 Å². The minimum atomic E-state index is 0.311. The van der Waals surface area contributed by atoms with Crippen molar-refractivity contribution in [2.45, 2.75) is 39.3 Å². The van der Waals surface area contributed by atoms with Gasteiger partial charge in [0.05, 0.1) is 12.8 Å². The molecule has 0 aliphatic carbocycles. The normalized spacial score (nSPS) is 12.9. The molecule has 3 heterocycles. The zero-order valence-corrected chi connectivity index (χ0v) is 16.8. The number of furan rings is 1. The van der Waals surface area contributed by atoms with Gasteiger partial charge in [0.1, 0.15) is 5.76 Å². The van der Waals surface area contributed by atoms with Crippen LogP contribution in [0.4, 0.5) is 0 Å². The van der Waals surface area contributed by atoms with E-state index in [0.717, 1.165) is 31.1 Å². The lowest BCUT2D eigenvalue weighted by Gasteiger charge is -2.17. The second-order valence-electron chi connectivity index (χ2n) is 6.26. The predicted molar refractivity (Wildman–Crippen MR) is 111 cm³/mol. The van der Waals surface area contributed by atoms with E-state index in [-0.39, 0.29) is 0 Å². The van der Waals surface area contributed by atoms with E-state index in [1.54, 1.807) is 17.6 Å². The largest absolute Gasteiger partial charge is 0.469 e. The van der Waals surface area contributed by atoms with E-state index in [1.165, 1.54) is 14.6 Å². The Kier molecular flexibility index (Phi) is 6.91. The Morgan fingerprint density at radius 3 is 2.81 bits per heavy atom. The molecular formula is C20H25N3OS2. The Morgan fingerprint density at radius 1 is 1.19 bits per heavy atom. The lowest BCUT2D eigenvalue weighted by atomic mass is 10.2. The highest BCUT2D eigenvalue weighted by Gasteiger charge is 2.09. The molecule has 4 nitrogen and oxygen atoms in total. The van der Waals surface area contributed by atoms with E-state index in [0.29, 0.717) is 12.6 Å². The number of nitrogens with one attached hydrogen (secondary N) is 2. The first kappa shape index (κ1) is 18.7. The van der Waals surface area contributed by atoms with E-state index in [1.807, 2.05) is 23.5 Å². The number of hydrogen-bond donors (Lipinski definition) is 2. The van der Waals surface area contributed by atoms with Gasteiger partial charge in [-0.3, -0.25) is 0 Å². The van der Waals surface area contributed by atoms with Gasteiger partial charge in [0.25, 0.3) is 0 Å².